The number of aromatic nitrogens is 5. The summed E-state index contributed by atoms with van der Waals surface area (Å²) in [6, 6.07) is 75.2. The van der Waals surface area contributed by atoms with Crippen molar-refractivity contribution >= 4 is 65.6 Å². The van der Waals surface area contributed by atoms with Gasteiger partial charge in [0, 0.05) is 60.6 Å². The number of hydrogen-bond acceptors (Lipinski definition) is 3. The van der Waals surface area contributed by atoms with E-state index in [1.54, 1.807) is 0 Å². The number of para-hydroxylation sites is 5. The van der Waals surface area contributed by atoms with Crippen LogP contribution in [0.3, 0.4) is 0 Å². The van der Waals surface area contributed by atoms with E-state index in [-0.39, 0.29) is 0 Å². The Hall–Kier alpha value is -8.48. The van der Waals surface area contributed by atoms with Crippen molar-refractivity contribution in [2.45, 2.75) is 0 Å². The number of hydrogen-bond donors (Lipinski definition) is 0. The minimum Gasteiger partial charge on any atom is -0.456 e. The molecule has 4 aromatic heterocycles. The Morgan fingerprint density at radius 3 is 1.42 bits per heavy atom. The molecular weight excluding hydrogens is 759 g/mol. The lowest BCUT2D eigenvalue weighted by Gasteiger charge is -2.18. The number of benzene rings is 9. The zero-order valence-electron chi connectivity index (χ0n) is 33.4. The monoisotopic (exact) mass is 793 g/mol. The van der Waals surface area contributed by atoms with E-state index in [9.17, 15) is 0 Å². The fourth-order valence-electron chi connectivity index (χ4n) is 9.67. The van der Waals surface area contributed by atoms with Gasteiger partial charge in [0.2, 0.25) is 0 Å². The molecule has 0 aliphatic heterocycles. The molecule has 62 heavy (non-hydrogen) atoms. The highest BCUT2D eigenvalue weighted by molar-refractivity contribution is 6.18. The lowest BCUT2D eigenvalue weighted by molar-refractivity contribution is 0.669. The summed E-state index contributed by atoms with van der Waals surface area (Å²) >= 11 is 0. The van der Waals surface area contributed by atoms with Crippen molar-refractivity contribution in [3.05, 3.63) is 212 Å². The largest absolute Gasteiger partial charge is 0.456 e. The molecule has 6 nitrogen and oxygen atoms in total. The molecule has 13 rings (SSSR count). The molecule has 0 fully saturated rings. The Bertz CT molecular complexity index is 3810. The maximum absolute atomic E-state index is 6.49. The van der Waals surface area contributed by atoms with Gasteiger partial charge in [-0.2, -0.15) is 0 Å². The summed E-state index contributed by atoms with van der Waals surface area (Å²) in [4.78, 5) is 0. The average Bonchev–Trinajstić information content (AvgIpc) is 4.11. The molecule has 0 N–H and O–H groups in total. The van der Waals surface area contributed by atoms with Crippen LogP contribution in [0.1, 0.15) is 0 Å². The zero-order valence-corrected chi connectivity index (χ0v) is 33.4. The van der Waals surface area contributed by atoms with Crippen molar-refractivity contribution < 1.29 is 4.42 Å². The average molecular weight is 794 g/mol. The molecule has 6 heteroatoms. The van der Waals surface area contributed by atoms with Crippen molar-refractivity contribution in [1.29, 1.82) is 0 Å². The van der Waals surface area contributed by atoms with Gasteiger partial charge in [-0.1, -0.05) is 158 Å². The molecule has 0 atom stereocenters. The van der Waals surface area contributed by atoms with Crippen LogP contribution in [-0.4, -0.2) is 23.9 Å². The Kier molecular flexibility index (Phi) is 7.50. The molecule has 290 valence electrons. The molecule has 0 aliphatic rings. The second-order valence-corrected chi connectivity index (χ2v) is 15.8. The smallest absolute Gasteiger partial charge is 0.168 e. The third kappa shape index (κ3) is 5.10. The summed E-state index contributed by atoms with van der Waals surface area (Å²) in [5.74, 6) is 1.57. The summed E-state index contributed by atoms with van der Waals surface area (Å²) in [7, 11) is 0. The Morgan fingerprint density at radius 1 is 0.306 bits per heavy atom. The maximum Gasteiger partial charge on any atom is 0.168 e. The van der Waals surface area contributed by atoms with Crippen LogP contribution in [0, 0.1) is 0 Å². The Balaban J connectivity index is 1.06. The number of nitrogens with zero attached hydrogens (tertiary/aromatic N) is 5. The van der Waals surface area contributed by atoms with Crippen molar-refractivity contribution in [2.75, 3.05) is 0 Å². The molecule has 0 saturated heterocycles. The first-order valence-corrected chi connectivity index (χ1v) is 20.9. The lowest BCUT2D eigenvalue weighted by Crippen LogP contribution is -2.03. The van der Waals surface area contributed by atoms with Crippen molar-refractivity contribution in [3.63, 3.8) is 0 Å². The molecule has 0 radical (unpaired) electrons. The van der Waals surface area contributed by atoms with Crippen LogP contribution in [0.4, 0.5) is 0 Å². The third-order valence-electron chi connectivity index (χ3n) is 12.4. The van der Waals surface area contributed by atoms with Crippen LogP contribution in [0.5, 0.6) is 0 Å². The van der Waals surface area contributed by atoms with E-state index in [0.29, 0.717) is 0 Å². The van der Waals surface area contributed by atoms with Gasteiger partial charge in [0.25, 0.3) is 0 Å². The van der Waals surface area contributed by atoms with Gasteiger partial charge >= 0.3 is 0 Å². The van der Waals surface area contributed by atoms with Crippen molar-refractivity contribution in [1.82, 2.24) is 23.9 Å². The standard InChI is InChI=1S/C56H35N5O/c1-3-17-36(18-4-1)55-57-58-56(37-19-5-2-6-20-37)59(55)38-31-32-43-41-23-9-14-28-49(41)60(51(43)33-38)47-26-12-7-21-39(47)40-22-8-13-27-48(40)61-50-29-15-10-24-42(50)45-34-46-44-25-11-16-30-53(44)62-54(46)35-52(45)61/h1-35H. The molecular formula is C56H35N5O. The third-order valence-corrected chi connectivity index (χ3v) is 12.4. The summed E-state index contributed by atoms with van der Waals surface area (Å²) < 4.78 is 13.5. The van der Waals surface area contributed by atoms with Gasteiger partial charge in [-0.05, 0) is 48.5 Å². The summed E-state index contributed by atoms with van der Waals surface area (Å²) in [6.07, 6.45) is 0. The normalized spacial score (nSPS) is 11.9. The summed E-state index contributed by atoms with van der Waals surface area (Å²) in [5, 5.41) is 16.6. The van der Waals surface area contributed by atoms with Crippen LogP contribution >= 0.6 is 0 Å². The highest BCUT2D eigenvalue weighted by Gasteiger charge is 2.23. The van der Waals surface area contributed by atoms with E-state index in [2.05, 4.69) is 177 Å². The van der Waals surface area contributed by atoms with Gasteiger partial charge in [0.1, 0.15) is 11.2 Å². The van der Waals surface area contributed by atoms with Crippen LogP contribution < -0.4 is 0 Å². The molecule has 0 aliphatic carbocycles. The first kappa shape index (κ1) is 34.4. The molecule has 0 spiro atoms. The quantitative estimate of drug-likeness (QED) is 0.168. The van der Waals surface area contributed by atoms with Gasteiger partial charge in [0.15, 0.2) is 11.6 Å². The minimum absolute atomic E-state index is 0.784. The zero-order chi connectivity index (χ0) is 40.7. The highest BCUT2D eigenvalue weighted by atomic mass is 16.3. The van der Waals surface area contributed by atoms with Gasteiger partial charge < -0.3 is 13.6 Å². The maximum atomic E-state index is 6.49. The summed E-state index contributed by atoms with van der Waals surface area (Å²) in [5.41, 5.74) is 13.6. The molecule has 9 aromatic carbocycles. The van der Waals surface area contributed by atoms with E-state index in [4.69, 9.17) is 14.6 Å². The van der Waals surface area contributed by atoms with Crippen molar-refractivity contribution in [3.8, 4) is 51.0 Å². The molecule has 13 aromatic rings. The second-order valence-electron chi connectivity index (χ2n) is 15.8. The van der Waals surface area contributed by atoms with Crippen LogP contribution in [0.25, 0.3) is 117 Å². The van der Waals surface area contributed by atoms with E-state index >= 15 is 0 Å². The predicted octanol–water partition coefficient (Wildman–Crippen LogP) is 14.4. The lowest BCUT2D eigenvalue weighted by atomic mass is 10.0. The fraction of sp³-hybridized carbons (Fsp3) is 0. The Morgan fingerprint density at radius 2 is 0.790 bits per heavy atom. The second kappa shape index (κ2) is 13.5. The molecule has 0 bridgehead atoms. The van der Waals surface area contributed by atoms with Crippen LogP contribution in [-0.2, 0) is 0 Å². The van der Waals surface area contributed by atoms with Gasteiger partial charge in [-0.25, -0.2) is 0 Å². The predicted molar refractivity (Wildman–Crippen MR) is 254 cm³/mol. The van der Waals surface area contributed by atoms with E-state index in [1.165, 1.54) is 21.5 Å². The minimum atomic E-state index is 0.784. The molecule has 0 saturated carbocycles. The van der Waals surface area contributed by atoms with Crippen LogP contribution in [0.2, 0.25) is 0 Å². The van der Waals surface area contributed by atoms with Crippen LogP contribution in [0.15, 0.2) is 217 Å². The highest BCUT2D eigenvalue weighted by Crippen LogP contribution is 2.43. The van der Waals surface area contributed by atoms with E-state index in [1.807, 2.05) is 48.5 Å². The van der Waals surface area contributed by atoms with E-state index < -0.39 is 0 Å². The first-order chi connectivity index (χ1) is 30.8. The number of fused-ring (bicyclic) bond motifs is 9. The van der Waals surface area contributed by atoms with Crippen molar-refractivity contribution in [2.24, 2.45) is 0 Å². The van der Waals surface area contributed by atoms with E-state index in [0.717, 1.165) is 95.0 Å². The summed E-state index contributed by atoms with van der Waals surface area (Å²) in [6.45, 7) is 0. The van der Waals surface area contributed by atoms with Gasteiger partial charge in [-0.3, -0.25) is 4.57 Å². The van der Waals surface area contributed by atoms with Gasteiger partial charge in [0.05, 0.1) is 39.1 Å². The molecule has 0 unspecified atom stereocenters. The molecule has 0 amide bonds. The van der Waals surface area contributed by atoms with Gasteiger partial charge in [-0.15, -0.1) is 10.2 Å². The first-order valence-electron chi connectivity index (χ1n) is 20.9. The SMILES string of the molecule is c1ccc(-c2nnc(-c3ccccc3)n2-c2ccc3c4ccccc4n(-c4ccccc4-c4ccccc4-n4c5ccccc5c5cc6c(cc54)oc4ccccc46)c3c2)cc1. The fourth-order valence-corrected chi connectivity index (χ4v) is 9.67. The topological polar surface area (TPSA) is 53.7 Å². The number of rotatable bonds is 6. The number of furan rings is 1. The molecule has 4 heterocycles. The Labute approximate surface area is 355 Å².